The molecule has 3 aromatic carbocycles. The molecule has 0 aliphatic carbocycles. The Kier molecular flexibility index (Phi) is 5.70. The summed E-state index contributed by atoms with van der Waals surface area (Å²) in [6.45, 7) is 4.04. The van der Waals surface area contributed by atoms with E-state index in [1.807, 2.05) is 80.6 Å². The van der Waals surface area contributed by atoms with Crippen LogP contribution in [0, 0.1) is 0 Å². The van der Waals surface area contributed by atoms with Crippen molar-refractivity contribution in [2.24, 2.45) is 0 Å². The van der Waals surface area contributed by atoms with Crippen LogP contribution in [0.1, 0.15) is 47.4 Å². The maximum Gasteiger partial charge on any atom is 0.255 e. The lowest BCUT2D eigenvalue weighted by molar-refractivity contribution is 0.102. The van der Waals surface area contributed by atoms with Gasteiger partial charge in [-0.3, -0.25) is 4.79 Å². The van der Waals surface area contributed by atoms with Crippen LogP contribution in [0.5, 0.6) is 0 Å². The first-order valence-electron chi connectivity index (χ1n) is 9.97. The normalized spacial score (nSPS) is 10.9. The molecule has 0 spiro atoms. The van der Waals surface area contributed by atoms with Gasteiger partial charge in [-0.05, 0) is 41.0 Å². The second-order valence-corrected chi connectivity index (χ2v) is 7.47. The Morgan fingerprint density at radius 3 is 2.20 bits per heavy atom. The van der Waals surface area contributed by atoms with E-state index in [-0.39, 0.29) is 11.8 Å². The molecule has 0 bridgehead atoms. The fourth-order valence-corrected chi connectivity index (χ4v) is 3.11. The van der Waals surface area contributed by atoms with Gasteiger partial charge in [0.25, 0.3) is 5.91 Å². The average molecular weight is 397 g/mol. The molecule has 0 unspecified atom stereocenters. The van der Waals surface area contributed by atoms with Gasteiger partial charge < -0.3 is 9.84 Å². The van der Waals surface area contributed by atoms with Crippen LogP contribution < -0.4 is 5.32 Å². The van der Waals surface area contributed by atoms with E-state index in [1.165, 1.54) is 0 Å². The first-order valence-corrected chi connectivity index (χ1v) is 9.97. The molecule has 0 aliphatic heterocycles. The van der Waals surface area contributed by atoms with Crippen LogP contribution in [0.15, 0.2) is 83.4 Å². The van der Waals surface area contributed by atoms with Crippen molar-refractivity contribution in [1.82, 2.24) is 10.1 Å². The van der Waals surface area contributed by atoms with Crippen LogP contribution in [-0.4, -0.2) is 16.0 Å². The summed E-state index contributed by atoms with van der Waals surface area (Å²) in [6, 6.07) is 25.4. The van der Waals surface area contributed by atoms with Crippen molar-refractivity contribution in [1.29, 1.82) is 0 Å². The molecule has 0 saturated heterocycles. The molecular weight excluding hydrogens is 374 g/mol. The number of hydrogen-bond donors (Lipinski definition) is 1. The molecule has 30 heavy (non-hydrogen) atoms. The number of carbonyl (C=O) groups is 1. The molecule has 5 nitrogen and oxygen atoms in total. The predicted molar refractivity (Wildman–Crippen MR) is 117 cm³/mol. The summed E-state index contributed by atoms with van der Waals surface area (Å²) in [5.41, 5.74) is 4.62. The lowest BCUT2D eigenvalue weighted by Gasteiger charge is -2.07. The molecule has 150 valence electrons. The number of nitrogens with one attached hydrogen (secondary N) is 1. The molecule has 1 N–H and O–H groups in total. The number of hydrogen-bond acceptors (Lipinski definition) is 4. The smallest absolute Gasteiger partial charge is 0.255 e. The molecule has 0 saturated carbocycles. The molecule has 5 heteroatoms. The second kappa shape index (κ2) is 8.74. The van der Waals surface area contributed by atoms with Crippen LogP contribution in [-0.2, 0) is 6.42 Å². The second-order valence-electron chi connectivity index (χ2n) is 7.47. The lowest BCUT2D eigenvalue weighted by atomic mass is 10.0. The molecule has 0 atom stereocenters. The third-order valence-corrected chi connectivity index (χ3v) is 4.81. The molecule has 4 aromatic rings. The Hall–Kier alpha value is -3.73. The van der Waals surface area contributed by atoms with Crippen molar-refractivity contribution in [2.75, 3.05) is 5.32 Å². The van der Waals surface area contributed by atoms with Gasteiger partial charge in [-0.2, -0.15) is 4.98 Å². The van der Waals surface area contributed by atoms with Crippen molar-refractivity contribution in [3.8, 4) is 11.1 Å². The number of aromatic nitrogens is 2. The monoisotopic (exact) mass is 397 g/mol. The zero-order valence-corrected chi connectivity index (χ0v) is 17.0. The summed E-state index contributed by atoms with van der Waals surface area (Å²) < 4.78 is 5.24. The zero-order valence-electron chi connectivity index (χ0n) is 17.0. The van der Waals surface area contributed by atoms with E-state index in [4.69, 9.17) is 4.52 Å². The van der Waals surface area contributed by atoms with E-state index in [2.05, 4.69) is 27.6 Å². The van der Waals surface area contributed by atoms with E-state index in [9.17, 15) is 4.79 Å². The minimum Gasteiger partial charge on any atom is -0.339 e. The van der Waals surface area contributed by atoms with Gasteiger partial charge in [0.1, 0.15) is 0 Å². The van der Waals surface area contributed by atoms with Gasteiger partial charge in [0, 0.05) is 23.6 Å². The maximum absolute atomic E-state index is 12.6. The SMILES string of the molecule is CC(C)c1nc(Cc2ccc(NC(=O)c3ccc(-c4ccccc4)cc3)cc2)no1. The van der Waals surface area contributed by atoms with Gasteiger partial charge in [0.05, 0.1) is 0 Å². The molecule has 0 radical (unpaired) electrons. The van der Waals surface area contributed by atoms with Crippen molar-refractivity contribution in [2.45, 2.75) is 26.2 Å². The summed E-state index contributed by atoms with van der Waals surface area (Å²) in [7, 11) is 0. The number of rotatable bonds is 6. The van der Waals surface area contributed by atoms with E-state index in [1.54, 1.807) is 0 Å². The van der Waals surface area contributed by atoms with Crippen molar-refractivity contribution < 1.29 is 9.32 Å². The highest BCUT2D eigenvalue weighted by molar-refractivity contribution is 6.04. The molecule has 1 amide bonds. The average Bonchev–Trinajstić information content (AvgIpc) is 3.25. The van der Waals surface area contributed by atoms with Gasteiger partial charge >= 0.3 is 0 Å². The van der Waals surface area contributed by atoms with Crippen LogP contribution in [0.4, 0.5) is 5.69 Å². The van der Waals surface area contributed by atoms with Crippen molar-refractivity contribution in [3.63, 3.8) is 0 Å². The fourth-order valence-electron chi connectivity index (χ4n) is 3.11. The van der Waals surface area contributed by atoms with E-state index in [0.717, 1.165) is 22.4 Å². The van der Waals surface area contributed by atoms with E-state index < -0.39 is 0 Å². The Balaban J connectivity index is 1.38. The molecule has 0 aliphatic rings. The highest BCUT2D eigenvalue weighted by Crippen LogP contribution is 2.20. The first-order chi connectivity index (χ1) is 14.6. The van der Waals surface area contributed by atoms with Gasteiger partial charge in [-0.25, -0.2) is 0 Å². The third-order valence-electron chi connectivity index (χ3n) is 4.81. The zero-order chi connectivity index (χ0) is 20.9. The fraction of sp³-hybridized carbons (Fsp3) is 0.160. The number of amides is 1. The Morgan fingerprint density at radius 2 is 1.57 bits per heavy atom. The number of anilines is 1. The molecule has 4 rings (SSSR count). The quantitative estimate of drug-likeness (QED) is 0.453. The third kappa shape index (κ3) is 4.63. The number of benzene rings is 3. The van der Waals surface area contributed by atoms with Gasteiger partial charge in [-0.1, -0.05) is 73.6 Å². The maximum atomic E-state index is 12.6. The topological polar surface area (TPSA) is 68.0 Å². The van der Waals surface area contributed by atoms with Crippen LogP contribution in [0.25, 0.3) is 11.1 Å². The number of carbonyl (C=O) groups excluding carboxylic acids is 1. The van der Waals surface area contributed by atoms with Gasteiger partial charge in [0.15, 0.2) is 5.82 Å². The number of nitrogens with zero attached hydrogens (tertiary/aromatic N) is 2. The Morgan fingerprint density at radius 1 is 0.900 bits per heavy atom. The largest absolute Gasteiger partial charge is 0.339 e. The first kappa shape index (κ1) is 19.6. The van der Waals surface area contributed by atoms with Crippen LogP contribution in [0.2, 0.25) is 0 Å². The minimum absolute atomic E-state index is 0.137. The lowest BCUT2D eigenvalue weighted by Crippen LogP contribution is -2.11. The molecule has 1 heterocycles. The summed E-state index contributed by atoms with van der Waals surface area (Å²) in [6.07, 6.45) is 0.589. The van der Waals surface area contributed by atoms with E-state index >= 15 is 0 Å². The summed E-state index contributed by atoms with van der Waals surface area (Å²) >= 11 is 0. The molecule has 1 aromatic heterocycles. The Bertz CT molecular complexity index is 1120. The van der Waals surface area contributed by atoms with Crippen molar-refractivity contribution >= 4 is 11.6 Å². The van der Waals surface area contributed by atoms with Crippen molar-refractivity contribution in [3.05, 3.63) is 102 Å². The Labute approximate surface area is 175 Å². The van der Waals surface area contributed by atoms with Crippen LogP contribution >= 0.6 is 0 Å². The van der Waals surface area contributed by atoms with Crippen LogP contribution in [0.3, 0.4) is 0 Å². The minimum atomic E-state index is -0.137. The highest BCUT2D eigenvalue weighted by atomic mass is 16.5. The summed E-state index contributed by atoms with van der Waals surface area (Å²) in [5, 5.41) is 6.96. The molecule has 0 fully saturated rings. The summed E-state index contributed by atoms with van der Waals surface area (Å²) in [5.74, 6) is 1.38. The predicted octanol–water partition coefficient (Wildman–Crippen LogP) is 5.70. The van der Waals surface area contributed by atoms with Gasteiger partial charge in [-0.15, -0.1) is 0 Å². The standard InChI is InChI=1S/C25H23N3O2/c1-17(2)25-27-23(28-30-25)16-18-8-14-22(15-9-18)26-24(29)21-12-10-20(11-13-21)19-6-4-3-5-7-19/h3-15,17H,16H2,1-2H3,(H,26,29). The highest BCUT2D eigenvalue weighted by Gasteiger charge is 2.11. The molecular formula is C25H23N3O2. The summed E-state index contributed by atoms with van der Waals surface area (Å²) in [4.78, 5) is 17.0. The van der Waals surface area contributed by atoms with E-state index in [0.29, 0.717) is 23.7 Å². The van der Waals surface area contributed by atoms with Gasteiger partial charge in [0.2, 0.25) is 5.89 Å².